The average Bonchev–Trinajstić information content (AvgIpc) is 2.60. The van der Waals surface area contributed by atoms with Gasteiger partial charge in [-0.15, -0.1) is 0 Å². The molecule has 0 spiro atoms. The number of halogens is 5. The number of methoxy groups -OCH3 is 1. The summed E-state index contributed by atoms with van der Waals surface area (Å²) in [4.78, 5) is 20.7. The lowest BCUT2D eigenvalue weighted by Crippen LogP contribution is -2.17. The van der Waals surface area contributed by atoms with Crippen molar-refractivity contribution in [1.29, 1.82) is 0 Å². The first kappa shape index (κ1) is 20.6. The lowest BCUT2D eigenvalue weighted by molar-refractivity contribution is -0.140. The Balaban J connectivity index is 2.05. The second kappa shape index (κ2) is 8.33. The fourth-order valence-corrected chi connectivity index (χ4v) is 2.30. The number of nitrogens with two attached hydrogens (primary N) is 1. The van der Waals surface area contributed by atoms with Gasteiger partial charge in [0.05, 0.1) is 17.1 Å². The van der Waals surface area contributed by atoms with Crippen molar-refractivity contribution in [3.63, 3.8) is 0 Å². The van der Waals surface area contributed by atoms with Crippen LogP contribution in [-0.4, -0.2) is 30.3 Å². The van der Waals surface area contributed by atoms with E-state index in [1.807, 2.05) is 0 Å². The van der Waals surface area contributed by atoms with Gasteiger partial charge in [-0.05, 0) is 40.2 Å². The third-order valence-electron chi connectivity index (χ3n) is 3.22. The third kappa shape index (κ3) is 5.16. The molecule has 2 aromatic rings. The number of rotatable bonds is 6. The number of ether oxygens (including phenoxy) is 1. The number of carbonyl (C=O) groups is 1. The van der Waals surface area contributed by atoms with Crippen LogP contribution in [0.3, 0.4) is 0 Å². The summed E-state index contributed by atoms with van der Waals surface area (Å²) in [6.07, 6.45) is -4.85. The summed E-state index contributed by atoms with van der Waals surface area (Å²) < 4.78 is 56.6. The van der Waals surface area contributed by atoms with Crippen molar-refractivity contribution < 1.29 is 31.9 Å². The van der Waals surface area contributed by atoms with Crippen molar-refractivity contribution in [2.24, 2.45) is 10.9 Å². The highest BCUT2D eigenvalue weighted by Gasteiger charge is 2.34. The average molecular weight is 450 g/mol. The molecular weight excluding hydrogens is 438 g/mol. The van der Waals surface area contributed by atoms with Crippen LogP contribution >= 0.6 is 15.9 Å². The SMILES string of the molecule is COc1nc(/C(N)=N/OCC(=O)c2ccc(C(F)(F)F)c(F)c2)ccc1Br. The van der Waals surface area contributed by atoms with Crippen LogP contribution in [-0.2, 0) is 11.0 Å². The van der Waals surface area contributed by atoms with Gasteiger partial charge in [0.15, 0.2) is 12.4 Å². The molecule has 0 saturated heterocycles. The summed E-state index contributed by atoms with van der Waals surface area (Å²) >= 11 is 3.22. The van der Waals surface area contributed by atoms with Gasteiger partial charge in [-0.2, -0.15) is 13.2 Å². The maximum atomic E-state index is 13.5. The molecule has 2 rings (SSSR count). The van der Waals surface area contributed by atoms with E-state index in [0.717, 1.165) is 6.07 Å². The Labute approximate surface area is 159 Å². The van der Waals surface area contributed by atoms with Crippen LogP contribution in [0.5, 0.6) is 5.88 Å². The number of pyridine rings is 1. The Hall–Kier alpha value is -2.69. The van der Waals surface area contributed by atoms with Crippen molar-refractivity contribution >= 4 is 27.5 Å². The zero-order valence-corrected chi connectivity index (χ0v) is 15.3. The normalized spacial score (nSPS) is 12.0. The van der Waals surface area contributed by atoms with Gasteiger partial charge in [-0.3, -0.25) is 4.79 Å². The molecule has 0 aliphatic carbocycles. The van der Waals surface area contributed by atoms with E-state index in [-0.39, 0.29) is 23.0 Å². The van der Waals surface area contributed by atoms with Gasteiger partial charge in [-0.1, -0.05) is 11.2 Å². The molecule has 2 N–H and O–H groups in total. The molecule has 6 nitrogen and oxygen atoms in total. The highest BCUT2D eigenvalue weighted by atomic mass is 79.9. The lowest BCUT2D eigenvalue weighted by Gasteiger charge is -2.09. The molecule has 144 valence electrons. The van der Waals surface area contributed by atoms with Crippen LogP contribution in [0.25, 0.3) is 0 Å². The van der Waals surface area contributed by atoms with Gasteiger partial charge in [-0.25, -0.2) is 9.37 Å². The summed E-state index contributed by atoms with van der Waals surface area (Å²) in [7, 11) is 1.41. The molecule has 0 aliphatic heterocycles. The van der Waals surface area contributed by atoms with E-state index in [1.54, 1.807) is 6.07 Å². The van der Waals surface area contributed by atoms with E-state index in [9.17, 15) is 22.4 Å². The number of nitrogens with zero attached hydrogens (tertiary/aromatic N) is 2. The predicted molar refractivity (Wildman–Crippen MR) is 90.9 cm³/mol. The third-order valence-corrected chi connectivity index (χ3v) is 3.83. The van der Waals surface area contributed by atoms with E-state index in [2.05, 4.69) is 26.1 Å². The quantitative estimate of drug-likeness (QED) is 0.239. The van der Waals surface area contributed by atoms with Crippen molar-refractivity contribution in [3.8, 4) is 5.88 Å². The molecule has 11 heteroatoms. The van der Waals surface area contributed by atoms with Crippen LogP contribution in [0.4, 0.5) is 17.6 Å². The number of hydrogen-bond donors (Lipinski definition) is 1. The van der Waals surface area contributed by atoms with Gasteiger partial charge in [0.1, 0.15) is 11.5 Å². The van der Waals surface area contributed by atoms with Crippen molar-refractivity contribution in [2.75, 3.05) is 13.7 Å². The standard InChI is InChI=1S/C16H12BrF4N3O3/c1-26-15-10(17)4-5-12(23-15)14(22)24-27-7-13(25)8-2-3-9(11(18)6-8)16(19,20)21/h2-6H,7H2,1H3,(H2,22,24). The van der Waals surface area contributed by atoms with E-state index < -0.39 is 29.9 Å². The largest absolute Gasteiger partial charge is 0.480 e. The second-order valence-electron chi connectivity index (χ2n) is 5.05. The molecule has 1 aromatic carbocycles. The Morgan fingerprint density at radius 1 is 1.30 bits per heavy atom. The molecule has 1 heterocycles. The number of hydrogen-bond acceptors (Lipinski definition) is 5. The van der Waals surface area contributed by atoms with Crippen molar-refractivity contribution in [2.45, 2.75) is 6.18 Å². The Bertz CT molecular complexity index is 888. The fraction of sp³-hybridized carbons (Fsp3) is 0.188. The van der Waals surface area contributed by atoms with Crippen LogP contribution in [0, 0.1) is 5.82 Å². The van der Waals surface area contributed by atoms with Gasteiger partial charge in [0.2, 0.25) is 11.7 Å². The summed E-state index contributed by atoms with van der Waals surface area (Å²) in [5, 5.41) is 3.51. The molecule has 0 saturated carbocycles. The Kier molecular flexibility index (Phi) is 6.37. The molecule has 1 aromatic heterocycles. The van der Waals surface area contributed by atoms with Crippen molar-refractivity contribution in [3.05, 3.63) is 57.4 Å². The molecule has 0 amide bonds. The van der Waals surface area contributed by atoms with Gasteiger partial charge in [0.25, 0.3) is 0 Å². The molecule has 0 bridgehead atoms. The molecule has 0 unspecified atom stereocenters. The number of Topliss-reactive ketones (excluding diaryl/α,β-unsaturated/α-hetero) is 1. The highest BCUT2D eigenvalue weighted by Crippen LogP contribution is 2.31. The molecule has 0 fully saturated rings. The minimum Gasteiger partial charge on any atom is -0.480 e. The minimum atomic E-state index is -4.85. The van der Waals surface area contributed by atoms with Gasteiger partial charge >= 0.3 is 6.18 Å². The number of oxime groups is 1. The first-order chi connectivity index (χ1) is 12.6. The van der Waals surface area contributed by atoms with E-state index >= 15 is 0 Å². The summed E-state index contributed by atoms with van der Waals surface area (Å²) in [6.45, 7) is -0.654. The van der Waals surface area contributed by atoms with Crippen LogP contribution in [0.15, 0.2) is 40.0 Å². The Morgan fingerprint density at radius 2 is 2.00 bits per heavy atom. The van der Waals surface area contributed by atoms with Gasteiger partial charge in [0, 0.05) is 5.56 Å². The molecule has 0 aliphatic rings. The van der Waals surface area contributed by atoms with Crippen molar-refractivity contribution in [1.82, 2.24) is 4.98 Å². The Morgan fingerprint density at radius 3 is 2.59 bits per heavy atom. The van der Waals surface area contributed by atoms with Crippen LogP contribution in [0.1, 0.15) is 21.6 Å². The zero-order chi connectivity index (χ0) is 20.2. The molecule has 0 atom stereocenters. The fourth-order valence-electron chi connectivity index (χ4n) is 1.92. The number of aromatic nitrogens is 1. The van der Waals surface area contributed by atoms with Crippen LogP contribution in [0.2, 0.25) is 0 Å². The van der Waals surface area contributed by atoms with E-state index in [0.29, 0.717) is 16.6 Å². The van der Waals surface area contributed by atoms with Crippen LogP contribution < -0.4 is 10.5 Å². The molecule has 27 heavy (non-hydrogen) atoms. The smallest absolute Gasteiger partial charge is 0.419 e. The second-order valence-corrected chi connectivity index (χ2v) is 5.91. The zero-order valence-electron chi connectivity index (χ0n) is 13.7. The highest BCUT2D eigenvalue weighted by molar-refractivity contribution is 9.10. The maximum Gasteiger partial charge on any atom is 0.419 e. The summed E-state index contributed by atoms with van der Waals surface area (Å²) in [6, 6.07) is 4.95. The first-order valence-corrected chi connectivity index (χ1v) is 7.99. The maximum absolute atomic E-state index is 13.5. The topological polar surface area (TPSA) is 86.8 Å². The minimum absolute atomic E-state index is 0.160. The predicted octanol–water partition coefficient (Wildman–Crippen LogP) is 3.53. The van der Waals surface area contributed by atoms with E-state index in [4.69, 9.17) is 15.3 Å². The monoisotopic (exact) mass is 449 g/mol. The number of alkyl halides is 3. The van der Waals surface area contributed by atoms with E-state index in [1.165, 1.54) is 13.2 Å². The lowest BCUT2D eigenvalue weighted by atomic mass is 10.1. The molecular formula is C16H12BrF4N3O3. The number of benzene rings is 1. The number of carbonyl (C=O) groups excluding carboxylic acids is 1. The summed E-state index contributed by atoms with van der Waals surface area (Å²) in [5.74, 6) is -2.24. The number of amidine groups is 1. The number of ketones is 1. The first-order valence-electron chi connectivity index (χ1n) is 7.19. The summed E-state index contributed by atoms with van der Waals surface area (Å²) in [5.41, 5.74) is 4.14. The van der Waals surface area contributed by atoms with Gasteiger partial charge < -0.3 is 15.3 Å². The molecule has 0 radical (unpaired) electrons.